The molecule has 3 aliphatic carbocycles. The van der Waals surface area contributed by atoms with Crippen LogP contribution in [0.1, 0.15) is 58.3 Å². The Kier molecular flexibility index (Phi) is 8.54. The number of Topliss-reactive ketones (excluding diaryl/α,β-unsaturated/α-hetero) is 2. The fourth-order valence-corrected chi connectivity index (χ4v) is 9.63. The van der Waals surface area contributed by atoms with Crippen molar-refractivity contribution in [3.05, 3.63) is 47.0 Å². The number of hydrogen-bond donors (Lipinski definition) is 2. The zero-order valence-corrected chi connectivity index (χ0v) is 29.2. The molecule has 0 spiro atoms. The van der Waals surface area contributed by atoms with E-state index in [9.17, 15) is 29.4 Å². The molecule has 0 unspecified atom stereocenters. The molecule has 5 rings (SSSR count). The summed E-state index contributed by atoms with van der Waals surface area (Å²) in [6.07, 6.45) is -7.51. The second-order valence-corrected chi connectivity index (χ2v) is 19.3. The summed E-state index contributed by atoms with van der Waals surface area (Å²) in [5.41, 5.74) is -7.89. The lowest BCUT2D eigenvalue weighted by Gasteiger charge is -2.68. The minimum Gasteiger partial charge on any atom is -0.455 e. The quantitative estimate of drug-likeness (QED) is 0.258. The molecule has 1 aromatic carbocycles. The van der Waals surface area contributed by atoms with Gasteiger partial charge in [0.05, 0.1) is 29.6 Å². The Morgan fingerprint density at radius 2 is 1.60 bits per heavy atom. The van der Waals surface area contributed by atoms with Crippen LogP contribution in [0.25, 0.3) is 0 Å². The Morgan fingerprint density at radius 1 is 0.979 bits per heavy atom. The highest BCUT2D eigenvalue weighted by Gasteiger charge is 2.80. The Hall–Kier alpha value is -3.23. The van der Waals surface area contributed by atoms with E-state index in [2.05, 4.69) is 0 Å². The molecule has 1 heterocycles. The normalized spacial score (nSPS) is 37.8. The first-order valence-corrected chi connectivity index (χ1v) is 19.2. The van der Waals surface area contributed by atoms with Gasteiger partial charge < -0.3 is 33.6 Å². The van der Waals surface area contributed by atoms with Crippen LogP contribution in [0.5, 0.6) is 0 Å². The van der Waals surface area contributed by atoms with Gasteiger partial charge in [-0.3, -0.25) is 19.2 Å². The van der Waals surface area contributed by atoms with E-state index in [-0.39, 0.29) is 29.7 Å². The van der Waals surface area contributed by atoms with Crippen molar-refractivity contribution >= 4 is 37.8 Å². The number of benzene rings is 1. The second-order valence-electron chi connectivity index (χ2n) is 14.9. The van der Waals surface area contributed by atoms with Crippen LogP contribution >= 0.6 is 0 Å². The van der Waals surface area contributed by atoms with E-state index in [0.29, 0.717) is 0 Å². The van der Waals surface area contributed by atoms with Gasteiger partial charge in [-0.2, -0.15) is 0 Å². The van der Waals surface area contributed by atoms with Crippen LogP contribution in [0.2, 0.25) is 19.6 Å². The van der Waals surface area contributed by atoms with Crippen LogP contribution in [0.15, 0.2) is 41.5 Å². The zero-order chi connectivity index (χ0) is 35.1. The molecule has 0 aromatic heterocycles. The monoisotopic (exact) mass is 672 g/mol. The van der Waals surface area contributed by atoms with Gasteiger partial charge in [0.15, 0.2) is 31.6 Å². The summed E-state index contributed by atoms with van der Waals surface area (Å²) in [7, 11) is -2.49. The molecule has 4 aliphatic rings. The zero-order valence-electron chi connectivity index (χ0n) is 28.2. The third-order valence-electron chi connectivity index (χ3n) is 10.6. The molecule has 2 saturated carbocycles. The van der Waals surface area contributed by atoms with Gasteiger partial charge >= 0.3 is 17.9 Å². The molecule has 2 N–H and O–H groups in total. The Balaban J connectivity index is 1.91. The lowest BCUT2D eigenvalue weighted by Crippen LogP contribution is -2.83. The number of ketones is 2. The van der Waals surface area contributed by atoms with Crippen LogP contribution in [0, 0.1) is 16.7 Å². The third kappa shape index (κ3) is 5.12. The summed E-state index contributed by atoms with van der Waals surface area (Å²) in [6.45, 7) is 13.8. The predicted molar refractivity (Wildman–Crippen MR) is 167 cm³/mol. The average Bonchev–Trinajstić information content (AvgIpc) is 2.96. The highest BCUT2D eigenvalue weighted by molar-refractivity contribution is 6.69. The number of carbonyl (C=O) groups is 5. The molecule has 256 valence electrons. The number of fused-ring (bicyclic) bond motifs is 5. The fourth-order valence-electron chi connectivity index (χ4n) is 8.44. The highest BCUT2D eigenvalue weighted by Crippen LogP contribution is 2.64. The van der Waals surface area contributed by atoms with Crippen LogP contribution in [0.4, 0.5) is 0 Å². The molecule has 13 heteroatoms. The Morgan fingerprint density at radius 3 is 2.11 bits per heavy atom. The largest absolute Gasteiger partial charge is 0.455 e. The number of aliphatic hydroxyl groups excluding tert-OH is 1. The van der Waals surface area contributed by atoms with E-state index in [1.54, 1.807) is 25.1 Å². The van der Waals surface area contributed by atoms with Crippen molar-refractivity contribution in [1.82, 2.24) is 0 Å². The van der Waals surface area contributed by atoms with E-state index in [1.165, 1.54) is 39.8 Å². The summed E-state index contributed by atoms with van der Waals surface area (Å²) in [5, 5.41) is 24.9. The van der Waals surface area contributed by atoms with Gasteiger partial charge in [0.2, 0.25) is 0 Å². The van der Waals surface area contributed by atoms with E-state index >= 15 is 4.79 Å². The van der Waals surface area contributed by atoms with Crippen LogP contribution < -0.4 is 0 Å². The minimum atomic E-state index is -2.65. The molecule has 1 saturated heterocycles. The van der Waals surface area contributed by atoms with Gasteiger partial charge in [-0.15, -0.1) is 0 Å². The van der Waals surface area contributed by atoms with Crippen molar-refractivity contribution in [1.29, 1.82) is 0 Å². The summed E-state index contributed by atoms with van der Waals surface area (Å²) in [5.74, 6) is -5.56. The van der Waals surface area contributed by atoms with Crippen molar-refractivity contribution in [2.24, 2.45) is 16.7 Å². The highest BCUT2D eigenvalue weighted by atomic mass is 28.4. The smallest absolute Gasteiger partial charge is 0.338 e. The van der Waals surface area contributed by atoms with Gasteiger partial charge in [-0.25, -0.2) is 4.79 Å². The number of aliphatic hydroxyl groups is 2. The van der Waals surface area contributed by atoms with Gasteiger partial charge in [-0.05, 0) is 56.8 Å². The third-order valence-corrected chi connectivity index (χ3v) is 11.6. The number of hydrogen-bond acceptors (Lipinski definition) is 12. The van der Waals surface area contributed by atoms with Crippen molar-refractivity contribution in [3.63, 3.8) is 0 Å². The fraction of sp³-hybridized carbons (Fsp3) is 0.618. The molecule has 1 aromatic rings. The minimum absolute atomic E-state index is 0.0313. The van der Waals surface area contributed by atoms with Crippen molar-refractivity contribution in [2.75, 3.05) is 6.61 Å². The molecule has 12 nitrogen and oxygen atoms in total. The first-order chi connectivity index (χ1) is 21.6. The SMILES string of the molecule is CC(=O)O[C@H]1C(=O)[C@]2(C)[C@@H](O[Si](C)(C)C)C[C@H]3OC[C@@]3(OC(C)=O)[C@H]2[C@H](OC(=O)c2ccccc2)[C@]2(O)[C@@H](O)C(=O)C(C)=C1C2(C)C. The van der Waals surface area contributed by atoms with Gasteiger partial charge in [-0.1, -0.05) is 32.0 Å². The lowest BCUT2D eigenvalue weighted by molar-refractivity contribution is -0.347. The number of carbonyl (C=O) groups excluding carboxylic acids is 5. The van der Waals surface area contributed by atoms with Gasteiger partial charge in [0, 0.05) is 25.7 Å². The Bertz CT molecular complexity index is 1550. The molecule has 1 aliphatic heterocycles. The number of rotatable bonds is 6. The predicted octanol–water partition coefficient (Wildman–Crippen LogP) is 2.69. The molecule has 47 heavy (non-hydrogen) atoms. The Labute approximate surface area is 274 Å². The maximum Gasteiger partial charge on any atom is 0.338 e. The summed E-state index contributed by atoms with van der Waals surface area (Å²) >= 11 is 0. The van der Waals surface area contributed by atoms with Crippen molar-refractivity contribution in [2.45, 2.75) is 109 Å². The summed E-state index contributed by atoms with van der Waals surface area (Å²) < 4.78 is 30.7. The molecular formula is C34H44O12Si. The van der Waals surface area contributed by atoms with Crippen molar-refractivity contribution in [3.8, 4) is 0 Å². The van der Waals surface area contributed by atoms with E-state index in [1.807, 2.05) is 19.6 Å². The molecule has 3 fully saturated rings. The molecule has 0 radical (unpaired) electrons. The van der Waals surface area contributed by atoms with E-state index in [0.717, 1.165) is 6.92 Å². The molecule has 2 bridgehead atoms. The molecule has 9 atom stereocenters. The maximum atomic E-state index is 15.4. The van der Waals surface area contributed by atoms with Gasteiger partial charge in [0.1, 0.15) is 23.9 Å². The number of ether oxygens (including phenoxy) is 4. The first-order valence-electron chi connectivity index (χ1n) is 15.8. The maximum absolute atomic E-state index is 15.4. The van der Waals surface area contributed by atoms with E-state index < -0.39 is 96.3 Å². The van der Waals surface area contributed by atoms with Crippen LogP contribution in [-0.4, -0.2) is 96.3 Å². The van der Waals surface area contributed by atoms with Crippen molar-refractivity contribution < 1.29 is 57.6 Å². The number of esters is 3. The van der Waals surface area contributed by atoms with Crippen LogP contribution in [-0.2, 0) is 42.6 Å². The topological polar surface area (TPSA) is 172 Å². The summed E-state index contributed by atoms with van der Waals surface area (Å²) in [4.78, 5) is 68.7. The van der Waals surface area contributed by atoms with Crippen LogP contribution in [0.3, 0.4) is 0 Å². The first kappa shape index (κ1) is 35.1. The molecule has 0 amide bonds. The molecular weight excluding hydrogens is 628 g/mol. The van der Waals surface area contributed by atoms with Gasteiger partial charge in [0.25, 0.3) is 0 Å². The average molecular weight is 673 g/mol. The standard InChI is InChI=1S/C34H44O12Si/c1-17-23-25(43-18(2)35)28(39)32(6)21(46-47(7,8)9)15-22-33(16-42-22,45-19(3)36)26(32)29(44-30(40)20-13-11-10-12-14-20)34(41,31(23,4)5)27(38)24(17)37/h10-14,21-22,25-27,29,38,41H,15-16H2,1-9H3/t21-,22+,25+,26-,27-,29-,32+,33-,34+/m0/s1. The lowest BCUT2D eigenvalue weighted by atomic mass is 9.44. The second kappa shape index (κ2) is 11.4. The summed E-state index contributed by atoms with van der Waals surface area (Å²) in [6, 6.07) is 7.91. The van der Waals surface area contributed by atoms with E-state index in [4.69, 9.17) is 23.4 Å².